The van der Waals surface area contributed by atoms with E-state index < -0.39 is 10.0 Å². The predicted octanol–water partition coefficient (Wildman–Crippen LogP) is 3.47. The number of allylic oxidation sites excluding steroid dienone is 2. The van der Waals surface area contributed by atoms with Crippen LogP contribution in [0.4, 0.5) is 5.69 Å². The summed E-state index contributed by atoms with van der Waals surface area (Å²) in [4.78, 5) is 12.7. The first-order chi connectivity index (χ1) is 11.4. The van der Waals surface area contributed by atoms with Gasteiger partial charge < -0.3 is 5.32 Å². The third-order valence-electron chi connectivity index (χ3n) is 4.75. The van der Waals surface area contributed by atoms with Gasteiger partial charge in [0.05, 0.1) is 18.2 Å². The highest BCUT2D eigenvalue weighted by molar-refractivity contribution is 7.92. The number of nitrogens with one attached hydrogen (secondary N) is 2. The summed E-state index contributed by atoms with van der Waals surface area (Å²) < 4.78 is 25.2. The number of carbonyl (C=O) groups excluding carboxylic acids is 1. The highest BCUT2D eigenvalue weighted by Crippen LogP contribution is 2.59. The van der Waals surface area contributed by atoms with Crippen LogP contribution in [0.5, 0.6) is 0 Å². The van der Waals surface area contributed by atoms with Crippen molar-refractivity contribution >= 4 is 21.6 Å². The van der Waals surface area contributed by atoms with Gasteiger partial charge in [-0.05, 0) is 49.8 Å². The molecule has 1 aromatic rings. The predicted molar refractivity (Wildman–Crippen MR) is 102 cm³/mol. The molecule has 1 amide bonds. The van der Waals surface area contributed by atoms with Crippen LogP contribution >= 0.6 is 0 Å². The molecule has 0 bridgehead atoms. The minimum Gasteiger partial charge on any atom is -0.349 e. The lowest BCUT2D eigenvalue weighted by molar-refractivity contribution is -0.123. The summed E-state index contributed by atoms with van der Waals surface area (Å²) in [5.74, 6) is 0.284. The Labute approximate surface area is 151 Å². The van der Waals surface area contributed by atoms with E-state index in [-0.39, 0.29) is 29.2 Å². The molecule has 3 atom stereocenters. The fourth-order valence-corrected chi connectivity index (χ4v) is 3.88. The van der Waals surface area contributed by atoms with E-state index in [2.05, 4.69) is 30.0 Å². The zero-order valence-electron chi connectivity index (χ0n) is 15.8. The molecule has 1 aliphatic carbocycles. The average molecular weight is 365 g/mol. The molecule has 2 N–H and O–H groups in total. The summed E-state index contributed by atoms with van der Waals surface area (Å²) in [5, 5.41) is 3.06. The van der Waals surface area contributed by atoms with Crippen LogP contribution in [0, 0.1) is 17.3 Å². The van der Waals surface area contributed by atoms with E-state index in [1.807, 2.05) is 26.8 Å². The third kappa shape index (κ3) is 4.84. The van der Waals surface area contributed by atoms with Crippen molar-refractivity contribution in [2.45, 2.75) is 40.7 Å². The SMILES string of the molecule is CC(C)=CC1C(C(=O)NC(C)c2cccc(NS(C)(=O)=O)c2)C1(C)C. The standard InChI is InChI=1S/C19H28N2O3S/c1-12(2)10-16-17(19(16,4)5)18(22)20-13(3)14-8-7-9-15(11-14)21-25(6,23)24/h7-11,13,16-17,21H,1-6H3,(H,20,22). The van der Waals surface area contributed by atoms with Gasteiger partial charge in [-0.3, -0.25) is 9.52 Å². The van der Waals surface area contributed by atoms with Crippen molar-refractivity contribution in [2.24, 2.45) is 17.3 Å². The first-order valence-electron chi connectivity index (χ1n) is 8.45. The maximum Gasteiger partial charge on any atom is 0.229 e. The monoisotopic (exact) mass is 364 g/mol. The minimum atomic E-state index is -3.32. The Hall–Kier alpha value is -1.82. The topological polar surface area (TPSA) is 75.3 Å². The molecule has 0 radical (unpaired) electrons. The van der Waals surface area contributed by atoms with E-state index in [0.717, 1.165) is 11.8 Å². The molecule has 1 aromatic carbocycles. The number of hydrogen-bond donors (Lipinski definition) is 2. The highest BCUT2D eigenvalue weighted by Gasteiger charge is 2.60. The van der Waals surface area contributed by atoms with E-state index in [4.69, 9.17) is 0 Å². The quantitative estimate of drug-likeness (QED) is 0.759. The van der Waals surface area contributed by atoms with Crippen molar-refractivity contribution in [2.75, 3.05) is 11.0 Å². The van der Waals surface area contributed by atoms with Crippen LogP contribution in [-0.4, -0.2) is 20.6 Å². The van der Waals surface area contributed by atoms with Gasteiger partial charge in [-0.1, -0.05) is 37.6 Å². The van der Waals surface area contributed by atoms with Gasteiger partial charge in [0, 0.05) is 5.69 Å². The number of amides is 1. The largest absolute Gasteiger partial charge is 0.349 e. The maximum absolute atomic E-state index is 12.7. The van der Waals surface area contributed by atoms with Crippen LogP contribution in [0.25, 0.3) is 0 Å². The van der Waals surface area contributed by atoms with Crippen molar-refractivity contribution < 1.29 is 13.2 Å². The molecule has 25 heavy (non-hydrogen) atoms. The summed E-state index contributed by atoms with van der Waals surface area (Å²) in [5.41, 5.74) is 2.55. The fourth-order valence-electron chi connectivity index (χ4n) is 3.32. The second-order valence-electron chi connectivity index (χ2n) is 7.80. The second-order valence-corrected chi connectivity index (χ2v) is 9.55. The van der Waals surface area contributed by atoms with E-state index in [1.54, 1.807) is 18.2 Å². The summed E-state index contributed by atoms with van der Waals surface area (Å²) in [6.07, 6.45) is 3.29. The Morgan fingerprint density at radius 1 is 1.28 bits per heavy atom. The molecule has 1 aliphatic rings. The Bertz CT molecular complexity index is 793. The normalized spacial score (nSPS) is 22.6. The van der Waals surface area contributed by atoms with Gasteiger partial charge in [0.15, 0.2) is 0 Å². The van der Waals surface area contributed by atoms with Crippen molar-refractivity contribution in [1.29, 1.82) is 0 Å². The number of rotatable bonds is 6. The highest BCUT2D eigenvalue weighted by atomic mass is 32.2. The molecule has 1 fully saturated rings. The minimum absolute atomic E-state index is 0.0258. The summed E-state index contributed by atoms with van der Waals surface area (Å²) in [6.45, 7) is 10.2. The number of carbonyl (C=O) groups is 1. The van der Waals surface area contributed by atoms with Crippen molar-refractivity contribution in [3.63, 3.8) is 0 Å². The van der Waals surface area contributed by atoms with Crippen LogP contribution in [0.1, 0.15) is 46.2 Å². The molecule has 3 unspecified atom stereocenters. The van der Waals surface area contributed by atoms with Crippen molar-refractivity contribution in [3.05, 3.63) is 41.5 Å². The fraction of sp³-hybridized carbons (Fsp3) is 0.526. The molecular weight excluding hydrogens is 336 g/mol. The van der Waals surface area contributed by atoms with Gasteiger partial charge in [0.25, 0.3) is 0 Å². The Balaban J connectivity index is 2.07. The molecule has 5 nitrogen and oxygen atoms in total. The van der Waals surface area contributed by atoms with Crippen LogP contribution in [0.2, 0.25) is 0 Å². The lowest BCUT2D eigenvalue weighted by Gasteiger charge is -2.16. The lowest BCUT2D eigenvalue weighted by Crippen LogP contribution is -2.29. The lowest BCUT2D eigenvalue weighted by atomic mass is 10.1. The zero-order chi connectivity index (χ0) is 19.0. The van der Waals surface area contributed by atoms with Crippen molar-refractivity contribution in [1.82, 2.24) is 5.32 Å². The molecule has 2 rings (SSSR count). The second kappa shape index (κ2) is 6.83. The molecule has 1 saturated carbocycles. The van der Waals surface area contributed by atoms with Gasteiger partial charge in [-0.15, -0.1) is 0 Å². The number of hydrogen-bond acceptors (Lipinski definition) is 3. The van der Waals surface area contributed by atoms with Crippen LogP contribution in [0.15, 0.2) is 35.9 Å². The Morgan fingerprint density at radius 2 is 1.92 bits per heavy atom. The molecule has 0 aliphatic heterocycles. The molecular formula is C19H28N2O3S. The van der Waals surface area contributed by atoms with Gasteiger partial charge >= 0.3 is 0 Å². The van der Waals surface area contributed by atoms with Crippen LogP contribution < -0.4 is 10.0 Å². The summed E-state index contributed by atoms with van der Waals surface area (Å²) in [7, 11) is -3.32. The molecule has 138 valence electrons. The van der Waals surface area contributed by atoms with Gasteiger partial charge in [0.2, 0.25) is 15.9 Å². The Morgan fingerprint density at radius 3 is 2.48 bits per heavy atom. The number of sulfonamides is 1. The smallest absolute Gasteiger partial charge is 0.229 e. The number of anilines is 1. The van der Waals surface area contributed by atoms with Gasteiger partial charge in [-0.25, -0.2) is 8.42 Å². The third-order valence-corrected chi connectivity index (χ3v) is 5.36. The molecule has 0 spiro atoms. The van der Waals surface area contributed by atoms with Crippen molar-refractivity contribution in [3.8, 4) is 0 Å². The summed E-state index contributed by atoms with van der Waals surface area (Å²) >= 11 is 0. The molecule has 6 heteroatoms. The average Bonchev–Trinajstić information content (AvgIpc) is 2.97. The van der Waals surface area contributed by atoms with E-state index in [0.29, 0.717) is 5.69 Å². The molecule has 0 aromatic heterocycles. The Kier molecular flexibility index (Phi) is 5.33. The van der Waals surface area contributed by atoms with E-state index in [9.17, 15) is 13.2 Å². The van der Waals surface area contributed by atoms with Gasteiger partial charge in [0.1, 0.15) is 0 Å². The first-order valence-corrected chi connectivity index (χ1v) is 10.3. The van der Waals surface area contributed by atoms with Gasteiger partial charge in [-0.2, -0.15) is 0 Å². The molecule has 0 heterocycles. The summed E-state index contributed by atoms with van der Waals surface area (Å²) in [6, 6.07) is 6.89. The van der Waals surface area contributed by atoms with Crippen LogP contribution in [-0.2, 0) is 14.8 Å². The first kappa shape index (κ1) is 19.5. The van der Waals surface area contributed by atoms with Crippen LogP contribution in [0.3, 0.4) is 0 Å². The zero-order valence-corrected chi connectivity index (χ0v) is 16.6. The molecule has 0 saturated heterocycles. The van der Waals surface area contributed by atoms with E-state index in [1.165, 1.54) is 5.57 Å². The number of benzene rings is 1. The maximum atomic E-state index is 12.7. The van der Waals surface area contributed by atoms with E-state index >= 15 is 0 Å².